The molecule has 1 atom stereocenters. The van der Waals surface area contributed by atoms with Crippen molar-refractivity contribution >= 4 is 29.2 Å². The Morgan fingerprint density at radius 3 is 2.52 bits per heavy atom. The minimum absolute atomic E-state index is 0.0620. The van der Waals surface area contributed by atoms with Crippen LogP contribution in [-0.4, -0.2) is 27.9 Å². The molecule has 0 aliphatic heterocycles. The summed E-state index contributed by atoms with van der Waals surface area (Å²) < 4.78 is 0. The summed E-state index contributed by atoms with van der Waals surface area (Å²) >= 11 is 5.82. The second-order valence-electron chi connectivity index (χ2n) is 4.89. The van der Waals surface area contributed by atoms with Gasteiger partial charge in [0, 0.05) is 6.07 Å². The number of halogens is 1. The first-order chi connectivity index (χ1) is 9.73. The predicted molar refractivity (Wildman–Crippen MR) is 76.5 cm³/mol. The van der Waals surface area contributed by atoms with Gasteiger partial charge in [0.2, 0.25) is 0 Å². The van der Waals surface area contributed by atoms with Crippen molar-refractivity contribution in [3.05, 3.63) is 38.9 Å². The predicted octanol–water partition coefficient (Wildman–Crippen LogP) is 2.48. The highest BCUT2D eigenvalue weighted by molar-refractivity contribution is 6.35. The quantitative estimate of drug-likeness (QED) is 0.619. The molecule has 1 rings (SSSR count). The van der Waals surface area contributed by atoms with Crippen molar-refractivity contribution in [1.29, 1.82) is 0 Å². The van der Waals surface area contributed by atoms with Crippen LogP contribution in [0.15, 0.2) is 18.2 Å². The molecule has 8 heteroatoms. The van der Waals surface area contributed by atoms with Gasteiger partial charge in [-0.2, -0.15) is 0 Å². The molecule has 0 aliphatic carbocycles. The van der Waals surface area contributed by atoms with E-state index in [2.05, 4.69) is 5.32 Å². The fourth-order valence-electron chi connectivity index (χ4n) is 1.77. The van der Waals surface area contributed by atoms with Crippen LogP contribution in [0.5, 0.6) is 0 Å². The number of carboxylic acid groups (broad SMARTS) is 1. The summed E-state index contributed by atoms with van der Waals surface area (Å²) in [4.78, 5) is 33.2. The van der Waals surface area contributed by atoms with Crippen molar-refractivity contribution in [3.8, 4) is 0 Å². The fourth-order valence-corrected chi connectivity index (χ4v) is 2.05. The molecule has 0 radical (unpaired) electrons. The summed E-state index contributed by atoms with van der Waals surface area (Å²) in [6.07, 6.45) is 0.244. The van der Waals surface area contributed by atoms with E-state index in [1.165, 1.54) is 18.2 Å². The molecule has 0 aromatic heterocycles. The molecule has 0 spiro atoms. The molecular formula is C13H15ClN2O5. The SMILES string of the molecule is CC(C)C[C@H](NC(=O)c1cccc([N+](=O)[O-])c1Cl)C(=O)O. The zero-order valence-corrected chi connectivity index (χ0v) is 12.3. The molecule has 21 heavy (non-hydrogen) atoms. The number of amides is 1. The van der Waals surface area contributed by atoms with Gasteiger partial charge in [0.15, 0.2) is 0 Å². The van der Waals surface area contributed by atoms with Crippen LogP contribution in [0.4, 0.5) is 5.69 Å². The number of carbonyl (C=O) groups excluding carboxylic acids is 1. The van der Waals surface area contributed by atoms with Crippen molar-refractivity contribution in [1.82, 2.24) is 5.32 Å². The number of aliphatic carboxylic acids is 1. The summed E-state index contributed by atoms with van der Waals surface area (Å²) in [7, 11) is 0. The third-order valence-electron chi connectivity index (χ3n) is 2.73. The van der Waals surface area contributed by atoms with Gasteiger partial charge in [-0.1, -0.05) is 31.5 Å². The molecule has 7 nitrogen and oxygen atoms in total. The Labute approximate surface area is 126 Å². The van der Waals surface area contributed by atoms with Gasteiger partial charge in [-0.25, -0.2) is 4.79 Å². The van der Waals surface area contributed by atoms with Crippen LogP contribution >= 0.6 is 11.6 Å². The lowest BCUT2D eigenvalue weighted by Gasteiger charge is -2.16. The molecule has 1 aromatic rings. The zero-order valence-electron chi connectivity index (χ0n) is 11.5. The number of hydrogen-bond donors (Lipinski definition) is 2. The zero-order chi connectivity index (χ0) is 16.2. The van der Waals surface area contributed by atoms with Crippen molar-refractivity contribution in [2.45, 2.75) is 26.3 Å². The number of nitro groups is 1. The van der Waals surface area contributed by atoms with Crippen LogP contribution in [0, 0.1) is 16.0 Å². The van der Waals surface area contributed by atoms with Crippen LogP contribution in [0.25, 0.3) is 0 Å². The second-order valence-corrected chi connectivity index (χ2v) is 5.27. The van der Waals surface area contributed by atoms with Gasteiger partial charge in [0.25, 0.3) is 11.6 Å². The second kappa shape index (κ2) is 7.03. The largest absolute Gasteiger partial charge is 0.480 e. The Bertz CT molecular complexity index is 574. The highest BCUT2D eigenvalue weighted by Gasteiger charge is 2.25. The summed E-state index contributed by atoms with van der Waals surface area (Å²) in [6, 6.07) is 2.71. The van der Waals surface area contributed by atoms with E-state index in [0.29, 0.717) is 0 Å². The Morgan fingerprint density at radius 2 is 2.05 bits per heavy atom. The molecule has 0 saturated heterocycles. The van der Waals surface area contributed by atoms with Crippen molar-refractivity contribution < 1.29 is 19.6 Å². The Morgan fingerprint density at radius 1 is 1.43 bits per heavy atom. The molecule has 0 aliphatic rings. The van der Waals surface area contributed by atoms with Crippen LogP contribution in [-0.2, 0) is 4.79 Å². The van der Waals surface area contributed by atoms with Gasteiger partial charge >= 0.3 is 5.97 Å². The average Bonchev–Trinajstić information content (AvgIpc) is 2.36. The van der Waals surface area contributed by atoms with E-state index in [4.69, 9.17) is 16.7 Å². The maximum Gasteiger partial charge on any atom is 0.326 e. The molecule has 0 fully saturated rings. The minimum atomic E-state index is -1.17. The summed E-state index contributed by atoms with van der Waals surface area (Å²) in [5, 5.41) is 21.9. The number of hydrogen-bond acceptors (Lipinski definition) is 4. The van der Waals surface area contributed by atoms with Crippen molar-refractivity contribution in [2.75, 3.05) is 0 Å². The molecule has 1 aromatic carbocycles. The summed E-state index contributed by atoms with van der Waals surface area (Å²) in [6.45, 7) is 3.64. The Hall–Kier alpha value is -2.15. The molecular weight excluding hydrogens is 300 g/mol. The molecule has 1 amide bonds. The molecule has 0 saturated carbocycles. The maximum atomic E-state index is 12.1. The number of nitrogens with one attached hydrogen (secondary N) is 1. The van der Waals surface area contributed by atoms with E-state index >= 15 is 0 Å². The normalized spacial score (nSPS) is 12.0. The van der Waals surface area contributed by atoms with Crippen LogP contribution in [0.3, 0.4) is 0 Å². The van der Waals surface area contributed by atoms with Gasteiger partial charge in [-0.05, 0) is 18.4 Å². The molecule has 0 heterocycles. The standard InChI is InChI=1S/C13H15ClN2O5/c1-7(2)6-9(13(18)19)15-12(17)8-4-3-5-10(11(8)14)16(20)21/h3-5,7,9H,6H2,1-2H3,(H,15,17)(H,18,19)/t9-/m0/s1. The van der Waals surface area contributed by atoms with E-state index in [1.54, 1.807) is 0 Å². The Kier molecular flexibility index (Phi) is 5.66. The smallest absolute Gasteiger partial charge is 0.326 e. The van der Waals surface area contributed by atoms with E-state index in [0.717, 1.165) is 0 Å². The summed E-state index contributed by atoms with van der Waals surface area (Å²) in [5.41, 5.74) is -0.527. The van der Waals surface area contributed by atoms with E-state index in [9.17, 15) is 19.7 Å². The van der Waals surface area contributed by atoms with Gasteiger partial charge in [0.05, 0.1) is 10.5 Å². The lowest BCUT2D eigenvalue weighted by atomic mass is 10.0. The van der Waals surface area contributed by atoms with Gasteiger partial charge < -0.3 is 10.4 Å². The first-order valence-corrected chi connectivity index (χ1v) is 6.58. The number of benzene rings is 1. The van der Waals surface area contributed by atoms with Gasteiger partial charge in [-0.15, -0.1) is 0 Å². The van der Waals surface area contributed by atoms with E-state index in [1.807, 2.05) is 13.8 Å². The number of nitrogens with zero attached hydrogens (tertiary/aromatic N) is 1. The van der Waals surface area contributed by atoms with Crippen molar-refractivity contribution in [2.24, 2.45) is 5.92 Å². The monoisotopic (exact) mass is 314 g/mol. The van der Waals surface area contributed by atoms with E-state index < -0.39 is 28.5 Å². The fraction of sp³-hybridized carbons (Fsp3) is 0.385. The summed E-state index contributed by atoms with van der Waals surface area (Å²) in [5.74, 6) is -1.86. The number of carboxylic acids is 1. The molecule has 2 N–H and O–H groups in total. The average molecular weight is 315 g/mol. The lowest BCUT2D eigenvalue weighted by molar-refractivity contribution is -0.384. The first-order valence-electron chi connectivity index (χ1n) is 6.20. The van der Waals surface area contributed by atoms with Crippen LogP contribution < -0.4 is 5.32 Å². The lowest BCUT2D eigenvalue weighted by Crippen LogP contribution is -2.41. The Balaban J connectivity index is 3.01. The molecule has 0 bridgehead atoms. The highest BCUT2D eigenvalue weighted by atomic mass is 35.5. The highest BCUT2D eigenvalue weighted by Crippen LogP contribution is 2.27. The van der Waals surface area contributed by atoms with E-state index in [-0.39, 0.29) is 22.9 Å². The van der Waals surface area contributed by atoms with Crippen molar-refractivity contribution in [3.63, 3.8) is 0 Å². The number of rotatable bonds is 6. The van der Waals surface area contributed by atoms with Crippen LogP contribution in [0.1, 0.15) is 30.6 Å². The topological polar surface area (TPSA) is 110 Å². The third-order valence-corrected chi connectivity index (χ3v) is 3.13. The first kappa shape index (κ1) is 16.9. The minimum Gasteiger partial charge on any atom is -0.480 e. The van der Waals surface area contributed by atoms with Gasteiger partial charge in [-0.3, -0.25) is 14.9 Å². The maximum absolute atomic E-state index is 12.1. The molecule has 114 valence electrons. The number of carbonyl (C=O) groups is 2. The third kappa shape index (κ3) is 4.42. The number of nitro benzene ring substituents is 1. The molecule has 0 unspecified atom stereocenters. The van der Waals surface area contributed by atoms with Crippen LogP contribution in [0.2, 0.25) is 5.02 Å². The van der Waals surface area contributed by atoms with Gasteiger partial charge in [0.1, 0.15) is 11.1 Å².